The molecule has 0 atom stereocenters. The summed E-state index contributed by atoms with van der Waals surface area (Å²) in [6.07, 6.45) is 6.64. The van der Waals surface area contributed by atoms with Gasteiger partial charge in [-0.2, -0.15) is 0 Å². The van der Waals surface area contributed by atoms with E-state index in [0.29, 0.717) is 11.5 Å². The molecule has 1 heterocycles. The maximum atomic E-state index is 12.4. The second kappa shape index (κ2) is 7.03. The van der Waals surface area contributed by atoms with Crippen LogP contribution in [0.5, 0.6) is 0 Å². The van der Waals surface area contributed by atoms with Crippen LogP contribution in [-0.4, -0.2) is 31.2 Å². The molecule has 2 N–H and O–H groups in total. The fourth-order valence-corrected chi connectivity index (χ4v) is 3.73. The van der Waals surface area contributed by atoms with Crippen molar-refractivity contribution in [1.29, 1.82) is 0 Å². The van der Waals surface area contributed by atoms with Gasteiger partial charge < -0.3 is 5.11 Å². The van der Waals surface area contributed by atoms with Crippen molar-refractivity contribution in [2.75, 3.05) is 6.61 Å². The number of aromatic nitrogens is 1. The molecule has 5 nitrogen and oxygen atoms in total. The second-order valence-corrected chi connectivity index (χ2v) is 7.16. The lowest BCUT2D eigenvalue weighted by molar-refractivity contribution is 0.332. The number of rotatable bonds is 3. The van der Waals surface area contributed by atoms with Crippen molar-refractivity contribution in [3.05, 3.63) is 24.0 Å². The van der Waals surface area contributed by atoms with Gasteiger partial charge in [-0.3, -0.25) is 4.98 Å². The minimum Gasteiger partial charge on any atom is -0.384 e. The third-order valence-corrected chi connectivity index (χ3v) is 5.16. The predicted octanol–water partition coefficient (Wildman–Crippen LogP) is 1.28. The first kappa shape index (κ1) is 16.0. The van der Waals surface area contributed by atoms with Crippen molar-refractivity contribution in [3.63, 3.8) is 0 Å². The quantitative estimate of drug-likeness (QED) is 0.825. The van der Waals surface area contributed by atoms with E-state index in [9.17, 15) is 8.42 Å². The molecule has 1 fully saturated rings. The summed E-state index contributed by atoms with van der Waals surface area (Å²) in [4.78, 5) is 4.02. The van der Waals surface area contributed by atoms with E-state index in [0.717, 1.165) is 25.7 Å². The summed E-state index contributed by atoms with van der Waals surface area (Å²) in [5.74, 6) is 5.81. The summed E-state index contributed by atoms with van der Waals surface area (Å²) in [7, 11) is -3.57. The van der Waals surface area contributed by atoms with Crippen LogP contribution in [0.3, 0.4) is 0 Å². The lowest BCUT2D eigenvalue weighted by Gasteiger charge is -2.26. The molecular weight excluding hydrogens is 288 g/mol. The van der Waals surface area contributed by atoms with Crippen LogP contribution < -0.4 is 4.72 Å². The van der Waals surface area contributed by atoms with Crippen molar-refractivity contribution in [2.45, 2.75) is 43.5 Å². The molecule has 0 saturated heterocycles. The maximum Gasteiger partial charge on any atom is 0.242 e. The van der Waals surface area contributed by atoms with Gasteiger partial charge in [0.1, 0.15) is 11.5 Å². The van der Waals surface area contributed by atoms with Gasteiger partial charge in [0, 0.05) is 24.0 Å². The van der Waals surface area contributed by atoms with Gasteiger partial charge in [-0.05, 0) is 37.7 Å². The molecule has 21 heavy (non-hydrogen) atoms. The summed E-state index contributed by atoms with van der Waals surface area (Å²) < 4.78 is 27.5. The van der Waals surface area contributed by atoms with E-state index in [1.807, 2.05) is 0 Å². The summed E-state index contributed by atoms with van der Waals surface area (Å²) in [5.41, 5.74) is 0.476. The molecule has 1 saturated carbocycles. The summed E-state index contributed by atoms with van der Waals surface area (Å²) >= 11 is 0. The number of aliphatic hydroxyl groups is 1. The van der Waals surface area contributed by atoms with Crippen molar-refractivity contribution < 1.29 is 13.5 Å². The number of sulfonamides is 1. The standard InChI is InChI=1S/C15H20N2O3S/c1-12-4-6-14(7-5-12)17-21(19,20)15-9-13(3-2-8-18)10-16-11-15/h9-12,14,17-18H,4-8H2,1H3. The number of aliphatic hydroxyl groups excluding tert-OH is 1. The Morgan fingerprint density at radius 2 is 2.05 bits per heavy atom. The molecule has 0 unspecified atom stereocenters. The van der Waals surface area contributed by atoms with Gasteiger partial charge in [0.2, 0.25) is 10.0 Å². The lowest BCUT2D eigenvalue weighted by atomic mass is 9.88. The molecule has 0 bridgehead atoms. The fraction of sp³-hybridized carbons (Fsp3) is 0.533. The van der Waals surface area contributed by atoms with Crippen molar-refractivity contribution in [3.8, 4) is 11.8 Å². The molecule has 0 aliphatic heterocycles. The van der Waals surface area contributed by atoms with Gasteiger partial charge >= 0.3 is 0 Å². The molecular formula is C15H20N2O3S. The van der Waals surface area contributed by atoms with Crippen LogP contribution in [0.2, 0.25) is 0 Å². The molecule has 0 spiro atoms. The monoisotopic (exact) mass is 308 g/mol. The van der Waals surface area contributed by atoms with Gasteiger partial charge in [-0.15, -0.1) is 0 Å². The maximum absolute atomic E-state index is 12.4. The minimum absolute atomic E-state index is 0.00150. The Morgan fingerprint density at radius 1 is 1.33 bits per heavy atom. The molecule has 1 aromatic heterocycles. The zero-order valence-electron chi connectivity index (χ0n) is 12.0. The van der Waals surface area contributed by atoms with Crippen LogP contribution in [-0.2, 0) is 10.0 Å². The molecule has 114 valence electrons. The van der Waals surface area contributed by atoms with E-state index in [1.54, 1.807) is 0 Å². The Bertz CT molecular complexity index is 638. The van der Waals surface area contributed by atoms with Crippen LogP contribution in [0.25, 0.3) is 0 Å². The number of nitrogens with zero attached hydrogens (tertiary/aromatic N) is 1. The summed E-state index contributed by atoms with van der Waals surface area (Å²) in [6.45, 7) is 1.92. The van der Waals surface area contributed by atoms with E-state index in [1.165, 1.54) is 18.5 Å². The molecule has 0 radical (unpaired) electrons. The fourth-order valence-electron chi connectivity index (χ4n) is 2.44. The van der Waals surface area contributed by atoms with Gasteiger partial charge in [-0.1, -0.05) is 18.8 Å². The highest BCUT2D eigenvalue weighted by Crippen LogP contribution is 2.24. The van der Waals surface area contributed by atoms with Gasteiger partial charge in [0.25, 0.3) is 0 Å². The van der Waals surface area contributed by atoms with Crippen LogP contribution in [0.4, 0.5) is 0 Å². The zero-order valence-corrected chi connectivity index (χ0v) is 12.9. The third-order valence-electron chi connectivity index (χ3n) is 3.67. The molecule has 1 aliphatic carbocycles. The molecule has 2 rings (SSSR count). The van der Waals surface area contributed by atoms with Crippen LogP contribution in [0.1, 0.15) is 38.2 Å². The number of hydrogen-bond acceptors (Lipinski definition) is 4. The highest BCUT2D eigenvalue weighted by Gasteiger charge is 2.24. The third kappa shape index (κ3) is 4.53. The molecule has 0 aromatic carbocycles. The first-order chi connectivity index (χ1) is 10.0. The molecule has 6 heteroatoms. The van der Waals surface area contributed by atoms with E-state index >= 15 is 0 Å². The van der Waals surface area contributed by atoms with Gasteiger partial charge in [-0.25, -0.2) is 13.1 Å². The first-order valence-electron chi connectivity index (χ1n) is 7.08. The van der Waals surface area contributed by atoms with E-state index in [2.05, 4.69) is 28.5 Å². The Morgan fingerprint density at radius 3 is 2.71 bits per heavy atom. The summed E-state index contributed by atoms with van der Waals surface area (Å²) in [5, 5.41) is 8.67. The molecule has 1 aliphatic rings. The van der Waals surface area contributed by atoms with Crippen molar-refractivity contribution >= 4 is 10.0 Å². The SMILES string of the molecule is CC1CCC(NS(=O)(=O)c2cncc(C#CCO)c2)CC1. The number of hydrogen-bond donors (Lipinski definition) is 2. The Labute approximate surface area is 125 Å². The Hall–Kier alpha value is -1.42. The second-order valence-electron chi connectivity index (χ2n) is 5.45. The number of pyridine rings is 1. The van der Waals surface area contributed by atoms with Crippen molar-refractivity contribution in [2.24, 2.45) is 5.92 Å². The highest BCUT2D eigenvalue weighted by atomic mass is 32.2. The van der Waals surface area contributed by atoms with E-state index < -0.39 is 10.0 Å². The molecule has 1 aromatic rings. The highest BCUT2D eigenvalue weighted by molar-refractivity contribution is 7.89. The van der Waals surface area contributed by atoms with E-state index in [4.69, 9.17) is 5.11 Å². The van der Waals surface area contributed by atoms with Gasteiger partial charge in [0.15, 0.2) is 0 Å². The minimum atomic E-state index is -3.57. The largest absolute Gasteiger partial charge is 0.384 e. The zero-order chi connectivity index (χ0) is 15.3. The lowest BCUT2D eigenvalue weighted by Crippen LogP contribution is -2.37. The van der Waals surface area contributed by atoms with Crippen LogP contribution in [0, 0.1) is 17.8 Å². The van der Waals surface area contributed by atoms with E-state index in [-0.39, 0.29) is 17.5 Å². The predicted molar refractivity (Wildman–Crippen MR) is 79.9 cm³/mol. The van der Waals surface area contributed by atoms with Crippen LogP contribution >= 0.6 is 0 Å². The van der Waals surface area contributed by atoms with Crippen LogP contribution in [0.15, 0.2) is 23.4 Å². The average Bonchev–Trinajstić information content (AvgIpc) is 2.48. The summed E-state index contributed by atoms with van der Waals surface area (Å²) in [6, 6.07) is 1.47. The Balaban J connectivity index is 2.12. The van der Waals surface area contributed by atoms with Gasteiger partial charge in [0.05, 0.1) is 0 Å². The average molecular weight is 308 g/mol. The normalized spacial score (nSPS) is 22.4. The van der Waals surface area contributed by atoms with Crippen molar-refractivity contribution in [1.82, 2.24) is 9.71 Å². The first-order valence-corrected chi connectivity index (χ1v) is 8.56. The Kier molecular flexibility index (Phi) is 5.34. The number of nitrogens with one attached hydrogen (secondary N) is 1. The smallest absolute Gasteiger partial charge is 0.242 e. The molecule has 0 amide bonds. The topological polar surface area (TPSA) is 79.3 Å².